The predicted molar refractivity (Wildman–Crippen MR) is 95.7 cm³/mol. The molecule has 134 valence electrons. The van der Waals surface area contributed by atoms with Crippen LogP contribution in [-0.4, -0.2) is 22.5 Å². The summed E-state index contributed by atoms with van der Waals surface area (Å²) in [6, 6.07) is 15.9. The van der Waals surface area contributed by atoms with E-state index in [1.165, 1.54) is 11.5 Å². The lowest BCUT2D eigenvalue weighted by Gasteiger charge is -2.13. The SMILES string of the molecule is CC(OC(=O)CCn1c(=O)oc2ccccc21)C(=O)Nc1ccccc1. The number of carbonyl (C=O) groups excluding carboxylic acids is 2. The van der Waals surface area contributed by atoms with Gasteiger partial charge < -0.3 is 14.5 Å². The molecule has 1 aromatic heterocycles. The molecule has 0 bridgehead atoms. The topological polar surface area (TPSA) is 90.5 Å². The number of amides is 1. The summed E-state index contributed by atoms with van der Waals surface area (Å²) >= 11 is 0. The van der Waals surface area contributed by atoms with Gasteiger partial charge in [0, 0.05) is 12.2 Å². The van der Waals surface area contributed by atoms with Gasteiger partial charge in [-0.05, 0) is 31.2 Å². The fraction of sp³-hybridized carbons (Fsp3) is 0.211. The van der Waals surface area contributed by atoms with Gasteiger partial charge in [0.25, 0.3) is 5.91 Å². The number of anilines is 1. The minimum Gasteiger partial charge on any atom is -0.452 e. The van der Waals surface area contributed by atoms with E-state index in [9.17, 15) is 14.4 Å². The van der Waals surface area contributed by atoms with Crippen LogP contribution in [0.3, 0.4) is 0 Å². The summed E-state index contributed by atoms with van der Waals surface area (Å²) in [5.74, 6) is -1.53. The number of fused-ring (bicyclic) bond motifs is 1. The molecule has 0 aliphatic rings. The highest BCUT2D eigenvalue weighted by Crippen LogP contribution is 2.12. The number of esters is 1. The molecular weight excluding hydrogens is 336 g/mol. The van der Waals surface area contributed by atoms with Crippen molar-refractivity contribution in [1.82, 2.24) is 4.57 Å². The summed E-state index contributed by atoms with van der Waals surface area (Å²) < 4.78 is 11.6. The highest BCUT2D eigenvalue weighted by molar-refractivity contribution is 5.95. The molecule has 0 radical (unpaired) electrons. The fourth-order valence-electron chi connectivity index (χ4n) is 2.50. The second-order valence-corrected chi connectivity index (χ2v) is 5.72. The Morgan fingerprint density at radius 3 is 2.58 bits per heavy atom. The molecule has 0 aliphatic heterocycles. The van der Waals surface area contributed by atoms with Gasteiger partial charge in [0.05, 0.1) is 11.9 Å². The molecule has 3 aromatic rings. The lowest BCUT2D eigenvalue weighted by Crippen LogP contribution is -2.30. The number of para-hydroxylation sites is 3. The van der Waals surface area contributed by atoms with Crippen molar-refractivity contribution in [2.45, 2.75) is 26.0 Å². The van der Waals surface area contributed by atoms with Crippen molar-refractivity contribution in [3.63, 3.8) is 0 Å². The third-order valence-corrected chi connectivity index (χ3v) is 3.83. The van der Waals surface area contributed by atoms with Crippen molar-refractivity contribution < 1.29 is 18.7 Å². The van der Waals surface area contributed by atoms with E-state index in [0.717, 1.165) is 0 Å². The number of aromatic nitrogens is 1. The smallest absolute Gasteiger partial charge is 0.419 e. The molecule has 0 spiro atoms. The number of hydrogen-bond donors (Lipinski definition) is 1. The lowest BCUT2D eigenvalue weighted by molar-refractivity contribution is -0.153. The number of rotatable bonds is 6. The van der Waals surface area contributed by atoms with E-state index in [2.05, 4.69) is 5.32 Å². The van der Waals surface area contributed by atoms with Crippen molar-refractivity contribution in [1.29, 1.82) is 0 Å². The van der Waals surface area contributed by atoms with E-state index >= 15 is 0 Å². The summed E-state index contributed by atoms with van der Waals surface area (Å²) in [7, 11) is 0. The zero-order valence-corrected chi connectivity index (χ0v) is 14.2. The number of carbonyl (C=O) groups is 2. The van der Waals surface area contributed by atoms with E-state index < -0.39 is 23.7 Å². The fourth-order valence-corrected chi connectivity index (χ4v) is 2.50. The molecule has 1 amide bonds. The van der Waals surface area contributed by atoms with E-state index in [0.29, 0.717) is 16.8 Å². The van der Waals surface area contributed by atoms with Gasteiger partial charge >= 0.3 is 11.7 Å². The van der Waals surface area contributed by atoms with Gasteiger partial charge in [-0.3, -0.25) is 14.2 Å². The van der Waals surface area contributed by atoms with Crippen molar-refractivity contribution in [3.8, 4) is 0 Å². The molecule has 0 saturated heterocycles. The summed E-state index contributed by atoms with van der Waals surface area (Å²) in [5.41, 5.74) is 1.69. The second kappa shape index (κ2) is 7.69. The van der Waals surface area contributed by atoms with Gasteiger partial charge in [0.15, 0.2) is 11.7 Å². The van der Waals surface area contributed by atoms with Gasteiger partial charge in [0.1, 0.15) is 0 Å². The second-order valence-electron chi connectivity index (χ2n) is 5.72. The van der Waals surface area contributed by atoms with Gasteiger partial charge in [0.2, 0.25) is 0 Å². The Kier molecular flexibility index (Phi) is 5.17. The van der Waals surface area contributed by atoms with Crippen LogP contribution in [0.15, 0.2) is 63.8 Å². The highest BCUT2D eigenvalue weighted by Gasteiger charge is 2.18. The first-order chi connectivity index (χ1) is 12.5. The Morgan fingerprint density at radius 1 is 1.12 bits per heavy atom. The zero-order chi connectivity index (χ0) is 18.5. The number of ether oxygens (including phenoxy) is 1. The number of nitrogens with zero attached hydrogens (tertiary/aromatic N) is 1. The van der Waals surface area contributed by atoms with Gasteiger partial charge in [-0.1, -0.05) is 30.3 Å². The van der Waals surface area contributed by atoms with Crippen LogP contribution in [0.5, 0.6) is 0 Å². The monoisotopic (exact) mass is 354 g/mol. The molecule has 0 fully saturated rings. The molecular formula is C19H18N2O5. The van der Waals surface area contributed by atoms with Crippen molar-refractivity contribution in [2.75, 3.05) is 5.32 Å². The van der Waals surface area contributed by atoms with E-state index in [4.69, 9.17) is 9.15 Å². The third kappa shape index (κ3) is 4.00. The standard InChI is InChI=1S/C19H18N2O5/c1-13(18(23)20-14-7-3-2-4-8-14)25-17(22)11-12-21-15-9-5-6-10-16(15)26-19(21)24/h2-10,13H,11-12H2,1H3,(H,20,23). The van der Waals surface area contributed by atoms with Crippen LogP contribution in [0.2, 0.25) is 0 Å². The Morgan fingerprint density at radius 2 is 1.81 bits per heavy atom. The van der Waals surface area contributed by atoms with Crippen LogP contribution < -0.4 is 11.1 Å². The first-order valence-electron chi connectivity index (χ1n) is 8.18. The third-order valence-electron chi connectivity index (χ3n) is 3.83. The van der Waals surface area contributed by atoms with Gasteiger partial charge in [-0.2, -0.15) is 0 Å². The first kappa shape index (κ1) is 17.5. The maximum Gasteiger partial charge on any atom is 0.419 e. The minimum absolute atomic E-state index is 0.0492. The Hall–Kier alpha value is -3.35. The molecule has 26 heavy (non-hydrogen) atoms. The molecule has 7 nitrogen and oxygen atoms in total. The largest absolute Gasteiger partial charge is 0.452 e. The van der Waals surface area contributed by atoms with Gasteiger partial charge in [-0.25, -0.2) is 4.79 Å². The summed E-state index contributed by atoms with van der Waals surface area (Å²) in [5, 5.41) is 2.66. The molecule has 7 heteroatoms. The van der Waals surface area contributed by atoms with Crippen LogP contribution in [0.25, 0.3) is 11.1 Å². The average molecular weight is 354 g/mol. The zero-order valence-electron chi connectivity index (χ0n) is 14.2. The Bertz CT molecular complexity index is 974. The highest BCUT2D eigenvalue weighted by atomic mass is 16.5. The minimum atomic E-state index is -0.944. The first-order valence-corrected chi connectivity index (χ1v) is 8.18. The normalized spacial score (nSPS) is 11.9. The van der Waals surface area contributed by atoms with Crippen LogP contribution >= 0.6 is 0 Å². The average Bonchev–Trinajstić information content (AvgIpc) is 2.96. The molecule has 0 saturated carbocycles. The van der Waals surface area contributed by atoms with E-state index in [1.807, 2.05) is 6.07 Å². The number of oxazole rings is 1. The lowest BCUT2D eigenvalue weighted by atomic mass is 10.3. The summed E-state index contributed by atoms with van der Waals surface area (Å²) in [6.45, 7) is 1.61. The van der Waals surface area contributed by atoms with Crippen molar-refractivity contribution >= 4 is 28.7 Å². The van der Waals surface area contributed by atoms with Gasteiger partial charge in [-0.15, -0.1) is 0 Å². The van der Waals surface area contributed by atoms with Crippen LogP contribution in [0.4, 0.5) is 5.69 Å². The molecule has 3 rings (SSSR count). The number of hydrogen-bond acceptors (Lipinski definition) is 5. The van der Waals surface area contributed by atoms with E-state index in [-0.39, 0.29) is 13.0 Å². The summed E-state index contributed by atoms with van der Waals surface area (Å²) in [6.07, 6.45) is -0.993. The molecule has 1 atom stereocenters. The van der Waals surface area contributed by atoms with Crippen molar-refractivity contribution in [2.24, 2.45) is 0 Å². The molecule has 1 N–H and O–H groups in total. The van der Waals surface area contributed by atoms with Crippen LogP contribution in [-0.2, 0) is 20.9 Å². The Balaban J connectivity index is 1.56. The predicted octanol–water partition coefficient (Wildman–Crippen LogP) is 2.56. The Labute approximate surface area is 149 Å². The maximum absolute atomic E-state index is 12.1. The quantitative estimate of drug-likeness (QED) is 0.687. The number of benzene rings is 2. The maximum atomic E-state index is 12.1. The molecule has 0 aliphatic carbocycles. The number of nitrogens with one attached hydrogen (secondary N) is 1. The molecule has 2 aromatic carbocycles. The van der Waals surface area contributed by atoms with Crippen molar-refractivity contribution in [3.05, 3.63) is 65.1 Å². The number of aryl methyl sites for hydroxylation is 1. The molecule has 1 unspecified atom stereocenters. The van der Waals surface area contributed by atoms with Crippen LogP contribution in [0.1, 0.15) is 13.3 Å². The molecule has 1 heterocycles. The van der Waals surface area contributed by atoms with E-state index in [1.54, 1.807) is 48.5 Å². The summed E-state index contributed by atoms with van der Waals surface area (Å²) in [4.78, 5) is 35.9. The van der Waals surface area contributed by atoms with Crippen LogP contribution in [0, 0.1) is 0 Å².